The highest BCUT2D eigenvalue weighted by atomic mass is 15.1. The molecule has 0 atom stereocenters. The van der Waals surface area contributed by atoms with Crippen LogP contribution in [-0.2, 0) is 6.42 Å². The number of aryl methyl sites for hydroxylation is 1. The van der Waals surface area contributed by atoms with Crippen LogP contribution >= 0.6 is 0 Å². The molecule has 1 aromatic heterocycles. The number of hydrogen-bond donors (Lipinski definition) is 5. The van der Waals surface area contributed by atoms with Crippen molar-refractivity contribution in [3.8, 4) is 0 Å². The van der Waals surface area contributed by atoms with Crippen molar-refractivity contribution in [2.45, 2.75) is 27.2 Å². The Kier molecular flexibility index (Phi) is 13.4. The molecule has 0 bridgehead atoms. The third kappa shape index (κ3) is 10.5. The van der Waals surface area contributed by atoms with Gasteiger partial charge in [0, 0.05) is 25.5 Å². The Morgan fingerprint density at radius 2 is 2.11 bits per heavy atom. The number of aromatic nitrogens is 1. The highest BCUT2D eigenvalue weighted by Crippen LogP contribution is 2.01. The van der Waals surface area contributed by atoms with Crippen LogP contribution < -0.4 is 16.8 Å². The largest absolute Gasteiger partial charge is 0.390 e. The van der Waals surface area contributed by atoms with Crippen LogP contribution in [0.15, 0.2) is 17.3 Å². The van der Waals surface area contributed by atoms with Gasteiger partial charge in [0.25, 0.3) is 0 Å². The number of nitrogens with one attached hydrogen (secondary N) is 3. The fraction of sp³-hybridized carbons (Fsp3) is 0.500. The van der Waals surface area contributed by atoms with Crippen LogP contribution in [-0.4, -0.2) is 30.9 Å². The van der Waals surface area contributed by atoms with E-state index in [1.165, 1.54) is 11.3 Å². The molecule has 0 aliphatic rings. The van der Waals surface area contributed by atoms with E-state index in [0.717, 1.165) is 19.3 Å². The number of guanidine groups is 1. The normalized spacial score (nSPS) is 9.44. The van der Waals surface area contributed by atoms with Gasteiger partial charge in [0.1, 0.15) is 0 Å². The summed E-state index contributed by atoms with van der Waals surface area (Å²) in [6.07, 6.45) is 3.72. The van der Waals surface area contributed by atoms with Crippen LogP contribution in [0.3, 0.4) is 0 Å². The van der Waals surface area contributed by atoms with E-state index in [1.54, 1.807) is 7.05 Å². The molecule has 0 aliphatic carbocycles. The highest BCUT2D eigenvalue weighted by molar-refractivity contribution is 5.77. The second-order valence-electron chi connectivity index (χ2n) is 3.14. The quantitative estimate of drug-likeness (QED) is 0.409. The summed E-state index contributed by atoms with van der Waals surface area (Å²) in [6.45, 7) is 6.86. The van der Waals surface area contributed by atoms with Crippen molar-refractivity contribution in [2.75, 3.05) is 13.6 Å². The molecule has 0 saturated carbocycles. The van der Waals surface area contributed by atoms with Gasteiger partial charge in [-0.15, -0.1) is 0 Å². The van der Waals surface area contributed by atoms with Crippen molar-refractivity contribution in [2.24, 2.45) is 16.5 Å². The lowest BCUT2D eigenvalue weighted by atomic mass is 10.2. The number of nitrogens with zero attached hydrogens (tertiary/aromatic N) is 1. The first-order chi connectivity index (χ1) is 8.63. The Hall–Kier alpha value is -1.98. The maximum atomic E-state index is 5.86. The molecule has 7 N–H and O–H groups in total. The van der Waals surface area contributed by atoms with Gasteiger partial charge in [-0.05, 0) is 25.0 Å². The van der Waals surface area contributed by atoms with Crippen molar-refractivity contribution in [3.63, 3.8) is 0 Å². The van der Waals surface area contributed by atoms with Crippen molar-refractivity contribution in [3.05, 3.63) is 23.5 Å². The third-order valence-corrected chi connectivity index (χ3v) is 1.85. The topological polar surface area (TPSA) is 116 Å². The smallest absolute Gasteiger partial charge is 0.188 e. The lowest BCUT2D eigenvalue weighted by Gasteiger charge is -2.02. The first-order valence-electron chi connectivity index (χ1n) is 5.94. The van der Waals surface area contributed by atoms with E-state index in [1.807, 2.05) is 27.0 Å². The van der Waals surface area contributed by atoms with Crippen molar-refractivity contribution < 1.29 is 0 Å². The fourth-order valence-electron chi connectivity index (χ4n) is 1.13. The molecule has 0 aromatic carbocycles. The summed E-state index contributed by atoms with van der Waals surface area (Å²) in [5.74, 6) is 0.493. The van der Waals surface area contributed by atoms with Gasteiger partial charge >= 0.3 is 0 Å². The number of aliphatic imine (C=N–C) groups is 1. The summed E-state index contributed by atoms with van der Waals surface area (Å²) in [5.41, 5.74) is 12.3. The molecule has 6 nitrogen and oxygen atoms in total. The average molecular weight is 254 g/mol. The summed E-state index contributed by atoms with van der Waals surface area (Å²) in [7, 11) is 1.67. The van der Waals surface area contributed by atoms with Crippen LogP contribution in [0.25, 0.3) is 0 Å². The van der Waals surface area contributed by atoms with E-state index in [-0.39, 0.29) is 0 Å². The zero-order valence-corrected chi connectivity index (χ0v) is 11.7. The van der Waals surface area contributed by atoms with Gasteiger partial charge in [0.05, 0.1) is 6.34 Å². The standard InChI is InChI=1S/C9H16N4.C2H6.CH4N2/c1-7-5-8(6-13-7)3-4-12-9(10)11-2;1-2;2-1-3/h5-6,13H,3-4H2,1-2H3,(H3,10,11,12);1-2H3;1H,(H3,2,3). The molecule has 6 heteroatoms. The molecular formula is C12H26N6. The molecule has 1 rings (SSSR count). The summed E-state index contributed by atoms with van der Waals surface area (Å²) < 4.78 is 0. The molecule has 0 saturated heterocycles. The van der Waals surface area contributed by atoms with Crippen molar-refractivity contribution in [1.82, 2.24) is 10.3 Å². The van der Waals surface area contributed by atoms with Gasteiger partial charge in [-0.2, -0.15) is 0 Å². The van der Waals surface area contributed by atoms with E-state index in [9.17, 15) is 0 Å². The summed E-state index contributed by atoms with van der Waals surface area (Å²) in [6, 6.07) is 2.13. The number of hydrogen-bond acceptors (Lipinski definition) is 2. The van der Waals surface area contributed by atoms with Crippen molar-refractivity contribution in [1.29, 1.82) is 5.41 Å². The summed E-state index contributed by atoms with van der Waals surface area (Å²) in [4.78, 5) is 6.93. The monoisotopic (exact) mass is 254 g/mol. The number of rotatable bonds is 3. The van der Waals surface area contributed by atoms with E-state index >= 15 is 0 Å². The minimum Gasteiger partial charge on any atom is -0.390 e. The molecule has 0 aliphatic heterocycles. The summed E-state index contributed by atoms with van der Waals surface area (Å²) >= 11 is 0. The fourth-order valence-corrected chi connectivity index (χ4v) is 1.13. The number of nitrogens with two attached hydrogens (primary N) is 2. The Morgan fingerprint density at radius 1 is 1.56 bits per heavy atom. The van der Waals surface area contributed by atoms with Crippen LogP contribution in [0.5, 0.6) is 0 Å². The average Bonchev–Trinajstić information content (AvgIpc) is 2.78. The molecule has 0 spiro atoms. The highest BCUT2D eigenvalue weighted by Gasteiger charge is 1.95. The second kappa shape index (κ2) is 13.1. The maximum Gasteiger partial charge on any atom is 0.188 e. The number of H-pyrrole nitrogens is 1. The first-order valence-corrected chi connectivity index (χ1v) is 5.94. The molecule has 0 amide bonds. The second-order valence-corrected chi connectivity index (χ2v) is 3.14. The Balaban J connectivity index is 0. The van der Waals surface area contributed by atoms with Crippen molar-refractivity contribution >= 4 is 12.3 Å². The van der Waals surface area contributed by atoms with E-state index in [4.69, 9.17) is 11.1 Å². The molecule has 0 radical (unpaired) electrons. The maximum absolute atomic E-state index is 5.86. The Bertz CT molecular complexity index is 329. The zero-order valence-electron chi connectivity index (χ0n) is 11.7. The molecular weight excluding hydrogens is 228 g/mol. The third-order valence-electron chi connectivity index (χ3n) is 1.85. The molecule has 104 valence electrons. The SMILES string of the molecule is CC.CN=C(N)NCCc1c[nH]c(C)c1.N=CN. The molecule has 1 heterocycles. The molecule has 0 unspecified atom stereocenters. The summed E-state index contributed by atoms with van der Waals surface area (Å²) in [5, 5.41) is 8.87. The first kappa shape index (κ1) is 18.4. The van der Waals surface area contributed by atoms with E-state index in [2.05, 4.69) is 27.1 Å². The van der Waals surface area contributed by atoms with E-state index in [0.29, 0.717) is 5.96 Å². The lowest BCUT2D eigenvalue weighted by molar-refractivity contribution is 0.857. The zero-order chi connectivity index (χ0) is 14.4. The van der Waals surface area contributed by atoms with E-state index < -0.39 is 0 Å². The van der Waals surface area contributed by atoms with Gasteiger partial charge in [0.15, 0.2) is 5.96 Å². The predicted molar refractivity (Wildman–Crippen MR) is 79.1 cm³/mol. The Morgan fingerprint density at radius 3 is 2.50 bits per heavy atom. The molecule has 0 fully saturated rings. The van der Waals surface area contributed by atoms with Gasteiger partial charge < -0.3 is 21.8 Å². The van der Waals surface area contributed by atoms with Gasteiger partial charge in [-0.3, -0.25) is 10.4 Å². The van der Waals surface area contributed by atoms with Crippen LogP contribution in [0.1, 0.15) is 25.1 Å². The van der Waals surface area contributed by atoms with Crippen LogP contribution in [0, 0.1) is 12.3 Å². The van der Waals surface area contributed by atoms with Crippen LogP contribution in [0.4, 0.5) is 0 Å². The lowest BCUT2D eigenvalue weighted by Crippen LogP contribution is -2.32. The van der Waals surface area contributed by atoms with Gasteiger partial charge in [-0.1, -0.05) is 13.8 Å². The number of aromatic amines is 1. The van der Waals surface area contributed by atoms with Gasteiger partial charge in [0.2, 0.25) is 0 Å². The molecule has 18 heavy (non-hydrogen) atoms. The predicted octanol–water partition coefficient (Wildman–Crippen LogP) is 0.978. The minimum absolute atomic E-state index is 0.493. The molecule has 1 aromatic rings. The van der Waals surface area contributed by atoms with Crippen LogP contribution in [0.2, 0.25) is 0 Å². The van der Waals surface area contributed by atoms with Gasteiger partial charge in [-0.25, -0.2) is 0 Å². The minimum atomic E-state index is 0.493. The Labute approximate surface area is 109 Å².